The quantitative estimate of drug-likeness (QED) is 0.709. The second-order valence-corrected chi connectivity index (χ2v) is 5.57. The van der Waals surface area contributed by atoms with E-state index < -0.39 is 0 Å². The Kier molecular flexibility index (Phi) is 3.17. The van der Waals surface area contributed by atoms with Crippen LogP contribution in [0.25, 0.3) is 10.9 Å². The molecule has 0 fully saturated rings. The number of aryl methyl sites for hydroxylation is 1. The topological polar surface area (TPSA) is 78.5 Å². The molecule has 0 bridgehead atoms. The Balaban J connectivity index is 1.74. The van der Waals surface area contributed by atoms with E-state index in [1.54, 1.807) is 17.0 Å². The van der Waals surface area contributed by atoms with Crippen LogP contribution in [0, 0.1) is 0 Å². The normalized spacial score (nSPS) is 14.7. The van der Waals surface area contributed by atoms with Crippen molar-refractivity contribution in [3.8, 4) is 0 Å². The van der Waals surface area contributed by atoms with Gasteiger partial charge in [0.1, 0.15) is 12.2 Å². The van der Waals surface area contributed by atoms with E-state index in [4.69, 9.17) is 0 Å². The van der Waals surface area contributed by atoms with Gasteiger partial charge < -0.3 is 9.13 Å². The lowest BCUT2D eigenvalue weighted by atomic mass is 10.2. The highest BCUT2D eigenvalue weighted by Gasteiger charge is 2.15. The minimum absolute atomic E-state index is 0.0935. The fourth-order valence-corrected chi connectivity index (χ4v) is 2.96. The Hall–Kier alpha value is -2.57. The maximum atomic E-state index is 12.5. The second kappa shape index (κ2) is 5.32. The monoisotopic (exact) mass is 296 g/mol. The number of aromatic nitrogens is 6. The van der Waals surface area contributed by atoms with Crippen LogP contribution < -0.4 is 5.56 Å². The molecule has 4 heterocycles. The molecule has 0 saturated carbocycles. The van der Waals surface area contributed by atoms with Gasteiger partial charge in [-0.1, -0.05) is 6.42 Å². The highest BCUT2D eigenvalue weighted by Crippen LogP contribution is 2.15. The third kappa shape index (κ3) is 2.18. The molecule has 22 heavy (non-hydrogen) atoms. The van der Waals surface area contributed by atoms with E-state index in [1.165, 1.54) is 12.7 Å². The predicted molar refractivity (Wildman–Crippen MR) is 80.5 cm³/mol. The van der Waals surface area contributed by atoms with Crippen molar-refractivity contribution in [2.45, 2.75) is 38.8 Å². The fourth-order valence-electron chi connectivity index (χ4n) is 2.96. The summed E-state index contributed by atoms with van der Waals surface area (Å²) in [5.74, 6) is 1.87. The molecule has 7 heteroatoms. The molecule has 0 aliphatic carbocycles. The first kappa shape index (κ1) is 13.1. The van der Waals surface area contributed by atoms with E-state index in [-0.39, 0.29) is 5.56 Å². The maximum absolute atomic E-state index is 12.5. The molecule has 4 rings (SSSR count). The van der Waals surface area contributed by atoms with Crippen LogP contribution >= 0.6 is 0 Å². The third-order valence-corrected chi connectivity index (χ3v) is 4.14. The van der Waals surface area contributed by atoms with Gasteiger partial charge in [-0.15, -0.1) is 10.2 Å². The number of nitrogens with zero attached hydrogens (tertiary/aromatic N) is 6. The van der Waals surface area contributed by atoms with Crippen molar-refractivity contribution in [1.82, 2.24) is 29.3 Å². The van der Waals surface area contributed by atoms with Crippen LogP contribution in [0.3, 0.4) is 0 Å². The zero-order chi connectivity index (χ0) is 14.9. The lowest BCUT2D eigenvalue weighted by molar-refractivity contribution is 0.585. The zero-order valence-corrected chi connectivity index (χ0v) is 12.1. The zero-order valence-electron chi connectivity index (χ0n) is 12.1. The van der Waals surface area contributed by atoms with Crippen molar-refractivity contribution in [2.75, 3.05) is 0 Å². The molecule has 0 unspecified atom stereocenters. The van der Waals surface area contributed by atoms with Crippen molar-refractivity contribution in [3.63, 3.8) is 0 Å². The smallest absolute Gasteiger partial charge is 0.261 e. The van der Waals surface area contributed by atoms with Gasteiger partial charge >= 0.3 is 0 Å². The molecule has 7 nitrogen and oxygen atoms in total. The molecule has 0 saturated heterocycles. The Morgan fingerprint density at radius 3 is 3.09 bits per heavy atom. The van der Waals surface area contributed by atoms with Crippen LogP contribution in [0.4, 0.5) is 0 Å². The average molecular weight is 296 g/mol. The molecule has 0 amide bonds. The summed E-state index contributed by atoms with van der Waals surface area (Å²) in [5.41, 5.74) is 0.570. The Bertz CT molecular complexity index is 881. The molecular formula is C15H16N6O. The SMILES string of the molecule is O=c1c2cncnc2ccn1Cc1nnc2n1CCCCC2. The van der Waals surface area contributed by atoms with Crippen molar-refractivity contribution in [1.29, 1.82) is 0 Å². The number of rotatable bonds is 2. The highest BCUT2D eigenvalue weighted by molar-refractivity contribution is 5.75. The summed E-state index contributed by atoms with van der Waals surface area (Å²) in [4.78, 5) is 20.6. The predicted octanol–water partition coefficient (Wildman–Crippen LogP) is 1.16. The van der Waals surface area contributed by atoms with Crippen molar-refractivity contribution in [2.24, 2.45) is 0 Å². The van der Waals surface area contributed by atoms with Crippen LogP contribution in [0.2, 0.25) is 0 Å². The second-order valence-electron chi connectivity index (χ2n) is 5.57. The lowest BCUT2D eigenvalue weighted by Crippen LogP contribution is -2.22. The molecule has 1 aliphatic rings. The van der Waals surface area contributed by atoms with E-state index in [9.17, 15) is 4.79 Å². The van der Waals surface area contributed by atoms with Gasteiger partial charge in [0, 0.05) is 25.4 Å². The van der Waals surface area contributed by atoms with Crippen LogP contribution in [-0.2, 0) is 19.5 Å². The molecule has 1 aliphatic heterocycles. The molecule has 0 spiro atoms. The first-order valence-electron chi connectivity index (χ1n) is 7.53. The lowest BCUT2D eigenvalue weighted by Gasteiger charge is -2.09. The van der Waals surface area contributed by atoms with Crippen LogP contribution in [-0.4, -0.2) is 29.3 Å². The van der Waals surface area contributed by atoms with Crippen LogP contribution in [0.1, 0.15) is 30.9 Å². The van der Waals surface area contributed by atoms with Gasteiger partial charge in [0.2, 0.25) is 0 Å². The van der Waals surface area contributed by atoms with Gasteiger partial charge in [-0.05, 0) is 18.9 Å². The fraction of sp³-hybridized carbons (Fsp3) is 0.400. The molecule has 0 radical (unpaired) electrons. The average Bonchev–Trinajstić information content (AvgIpc) is 2.78. The molecule has 112 valence electrons. The van der Waals surface area contributed by atoms with E-state index in [2.05, 4.69) is 24.7 Å². The molecule has 0 aromatic carbocycles. The summed E-state index contributed by atoms with van der Waals surface area (Å²) in [6.07, 6.45) is 9.25. The van der Waals surface area contributed by atoms with E-state index >= 15 is 0 Å². The van der Waals surface area contributed by atoms with Crippen molar-refractivity contribution in [3.05, 3.63) is 46.8 Å². The number of pyridine rings is 1. The summed E-state index contributed by atoms with van der Waals surface area (Å²) >= 11 is 0. The van der Waals surface area contributed by atoms with E-state index in [0.717, 1.165) is 37.5 Å². The summed E-state index contributed by atoms with van der Waals surface area (Å²) in [7, 11) is 0. The van der Waals surface area contributed by atoms with E-state index in [0.29, 0.717) is 17.4 Å². The van der Waals surface area contributed by atoms with Gasteiger partial charge in [-0.3, -0.25) is 4.79 Å². The molecule has 0 N–H and O–H groups in total. The van der Waals surface area contributed by atoms with E-state index in [1.807, 2.05) is 6.07 Å². The Morgan fingerprint density at radius 1 is 1.18 bits per heavy atom. The highest BCUT2D eigenvalue weighted by atomic mass is 16.1. The summed E-state index contributed by atoms with van der Waals surface area (Å²) in [5, 5.41) is 9.08. The first-order valence-corrected chi connectivity index (χ1v) is 7.53. The van der Waals surface area contributed by atoms with Gasteiger partial charge in [0.25, 0.3) is 5.56 Å². The first-order chi connectivity index (χ1) is 10.8. The molecule has 0 atom stereocenters. The maximum Gasteiger partial charge on any atom is 0.261 e. The van der Waals surface area contributed by atoms with Gasteiger partial charge in [0.15, 0.2) is 5.82 Å². The van der Waals surface area contributed by atoms with Gasteiger partial charge in [-0.25, -0.2) is 9.97 Å². The standard InChI is InChI=1S/C15H16N6O/c22-15-11-8-16-10-17-12(11)5-7-20(15)9-14-19-18-13-4-2-1-3-6-21(13)14/h5,7-8,10H,1-4,6,9H2. The number of fused-ring (bicyclic) bond motifs is 2. The number of hydrogen-bond donors (Lipinski definition) is 0. The van der Waals surface area contributed by atoms with Crippen LogP contribution in [0.15, 0.2) is 29.6 Å². The van der Waals surface area contributed by atoms with Gasteiger partial charge in [-0.2, -0.15) is 0 Å². The van der Waals surface area contributed by atoms with Crippen molar-refractivity contribution < 1.29 is 0 Å². The molecule has 3 aromatic rings. The summed E-state index contributed by atoms with van der Waals surface area (Å²) in [6.45, 7) is 1.36. The minimum atomic E-state index is -0.0935. The Labute approximate surface area is 126 Å². The molecular weight excluding hydrogens is 280 g/mol. The van der Waals surface area contributed by atoms with Gasteiger partial charge in [0.05, 0.1) is 17.4 Å². The minimum Gasteiger partial charge on any atom is -0.313 e. The third-order valence-electron chi connectivity index (χ3n) is 4.14. The molecule has 3 aromatic heterocycles. The Morgan fingerprint density at radius 2 is 2.14 bits per heavy atom. The van der Waals surface area contributed by atoms with Crippen molar-refractivity contribution >= 4 is 10.9 Å². The largest absolute Gasteiger partial charge is 0.313 e. The summed E-state index contributed by atoms with van der Waals surface area (Å²) in [6, 6.07) is 1.83. The van der Waals surface area contributed by atoms with Crippen LogP contribution in [0.5, 0.6) is 0 Å². The number of hydrogen-bond acceptors (Lipinski definition) is 5. The summed E-state index contributed by atoms with van der Waals surface area (Å²) < 4.78 is 3.80.